The second-order valence-corrected chi connectivity index (χ2v) is 4.94. The molecule has 8 heteroatoms. The molecule has 0 heterocycles. The normalized spacial score (nSPS) is 15.9. The smallest absolute Gasteiger partial charge is 0.334 e. The maximum absolute atomic E-state index is 10.5. The predicted molar refractivity (Wildman–Crippen MR) is 48.0 cm³/mol. The molecule has 0 aromatic carbocycles. The van der Waals surface area contributed by atoms with E-state index in [9.17, 15) is 14.3 Å². The highest BCUT2D eigenvalue weighted by Crippen LogP contribution is 2.36. The van der Waals surface area contributed by atoms with Crippen molar-refractivity contribution in [2.75, 3.05) is 6.16 Å². The molecule has 0 saturated heterocycles. The Bertz CT molecular complexity index is 273. The van der Waals surface area contributed by atoms with E-state index in [0.717, 1.165) is 6.92 Å². The van der Waals surface area contributed by atoms with Crippen LogP contribution in [0.1, 0.15) is 19.8 Å². The van der Waals surface area contributed by atoms with Crippen LogP contribution in [0.5, 0.6) is 0 Å². The topological polar surface area (TPSA) is 124 Å². The van der Waals surface area contributed by atoms with Crippen molar-refractivity contribution in [2.45, 2.75) is 25.3 Å². The third kappa shape index (κ3) is 4.45. The zero-order valence-corrected chi connectivity index (χ0v) is 8.48. The summed E-state index contributed by atoms with van der Waals surface area (Å²) >= 11 is 0. The summed E-state index contributed by atoms with van der Waals surface area (Å²) in [6.07, 6.45) is -0.679. The van der Waals surface area contributed by atoms with E-state index >= 15 is 0 Å². The van der Waals surface area contributed by atoms with Gasteiger partial charge in [0.2, 0.25) is 0 Å². The Morgan fingerprint density at radius 3 is 2.29 bits per heavy atom. The van der Waals surface area contributed by atoms with E-state index in [-0.39, 0.29) is 12.8 Å². The number of carboxylic acid groups (broad SMARTS) is 1. The highest BCUT2D eigenvalue weighted by atomic mass is 31.2. The lowest BCUT2D eigenvalue weighted by molar-refractivity contribution is -0.142. The molecule has 1 atom stereocenters. The minimum absolute atomic E-state index is 0.0567. The van der Waals surface area contributed by atoms with Gasteiger partial charge in [0.05, 0.1) is 0 Å². The first-order valence-electron chi connectivity index (χ1n) is 3.84. The molecule has 0 spiro atoms. The maximum atomic E-state index is 10.5. The van der Waals surface area contributed by atoms with Crippen LogP contribution in [-0.2, 0) is 9.36 Å². The van der Waals surface area contributed by atoms with Crippen LogP contribution in [0.3, 0.4) is 0 Å². The molecule has 3 N–H and O–H groups in total. The van der Waals surface area contributed by atoms with Crippen LogP contribution in [0, 0.1) is 4.91 Å². The summed E-state index contributed by atoms with van der Waals surface area (Å²) in [4.78, 5) is 37.7. The number of hydrogen-bond donors (Lipinski definition) is 3. The van der Waals surface area contributed by atoms with E-state index in [1.807, 2.05) is 0 Å². The van der Waals surface area contributed by atoms with Crippen molar-refractivity contribution >= 4 is 13.6 Å². The van der Waals surface area contributed by atoms with Gasteiger partial charge in [-0.05, 0) is 19.8 Å². The van der Waals surface area contributed by atoms with Gasteiger partial charge in [0.1, 0.15) is 0 Å². The highest BCUT2D eigenvalue weighted by Gasteiger charge is 2.34. The van der Waals surface area contributed by atoms with Gasteiger partial charge in [0, 0.05) is 6.16 Å². The van der Waals surface area contributed by atoms with Gasteiger partial charge in [0.25, 0.3) is 0 Å². The molecule has 7 nitrogen and oxygen atoms in total. The van der Waals surface area contributed by atoms with Crippen LogP contribution >= 0.6 is 7.60 Å². The van der Waals surface area contributed by atoms with Gasteiger partial charge >= 0.3 is 13.6 Å². The molecule has 14 heavy (non-hydrogen) atoms. The molecule has 0 aromatic heterocycles. The number of aliphatic carboxylic acids is 1. The van der Waals surface area contributed by atoms with Crippen LogP contribution in [0.2, 0.25) is 0 Å². The molecule has 0 bridgehead atoms. The first-order chi connectivity index (χ1) is 6.21. The zero-order chi connectivity index (χ0) is 11.4. The molecular weight excluding hydrogens is 213 g/mol. The van der Waals surface area contributed by atoms with Crippen molar-refractivity contribution in [1.82, 2.24) is 0 Å². The lowest BCUT2D eigenvalue weighted by atomic mass is 9.98. The van der Waals surface area contributed by atoms with Crippen LogP contribution in [0.4, 0.5) is 0 Å². The van der Waals surface area contributed by atoms with Crippen molar-refractivity contribution < 1.29 is 24.3 Å². The van der Waals surface area contributed by atoms with Gasteiger partial charge in [0.15, 0.2) is 5.54 Å². The number of rotatable bonds is 6. The lowest BCUT2D eigenvalue weighted by Crippen LogP contribution is -2.32. The van der Waals surface area contributed by atoms with Gasteiger partial charge in [-0.2, -0.15) is 0 Å². The van der Waals surface area contributed by atoms with Gasteiger partial charge < -0.3 is 14.9 Å². The van der Waals surface area contributed by atoms with E-state index in [4.69, 9.17) is 14.9 Å². The SMILES string of the molecule is C[C@@](CCCP(=O)(O)O)(N=O)C(=O)O. The monoisotopic (exact) mass is 225 g/mol. The van der Waals surface area contributed by atoms with Gasteiger partial charge in [-0.15, -0.1) is 4.91 Å². The fraction of sp³-hybridized carbons (Fsp3) is 0.833. The maximum Gasteiger partial charge on any atom is 0.334 e. The summed E-state index contributed by atoms with van der Waals surface area (Å²) in [5, 5.41) is 11.0. The van der Waals surface area contributed by atoms with E-state index in [1.165, 1.54) is 0 Å². The number of nitroso groups, excluding NO2 is 1. The molecule has 0 aliphatic rings. The molecular formula is C6H12NO6P. The van der Waals surface area contributed by atoms with Gasteiger partial charge in [-0.1, -0.05) is 5.18 Å². The standard InChI is InChI=1S/C6H12NO6P/c1-6(7-10,5(8)9)3-2-4-14(11,12)13/h2-4H2,1H3,(H,8,9)(H2,11,12,13)/t6-/m0/s1. The van der Waals surface area contributed by atoms with Crippen molar-refractivity contribution in [3.05, 3.63) is 4.91 Å². The van der Waals surface area contributed by atoms with Crippen LogP contribution in [0.25, 0.3) is 0 Å². The average molecular weight is 225 g/mol. The second kappa shape index (κ2) is 4.63. The summed E-state index contributed by atoms with van der Waals surface area (Å²) in [7, 11) is -4.13. The molecule has 0 fully saturated rings. The van der Waals surface area contributed by atoms with Crippen molar-refractivity contribution in [3.63, 3.8) is 0 Å². The second-order valence-electron chi connectivity index (χ2n) is 3.16. The molecule has 0 aliphatic heterocycles. The fourth-order valence-electron chi connectivity index (χ4n) is 0.821. The summed E-state index contributed by atoms with van der Waals surface area (Å²) in [5.41, 5.74) is -1.80. The number of carboxylic acids is 1. The molecule has 82 valence electrons. The van der Waals surface area contributed by atoms with E-state index in [2.05, 4.69) is 5.18 Å². The third-order valence-corrected chi connectivity index (χ3v) is 2.67. The quantitative estimate of drug-likeness (QED) is 0.448. The zero-order valence-electron chi connectivity index (χ0n) is 7.58. The molecule has 0 radical (unpaired) electrons. The largest absolute Gasteiger partial charge is 0.479 e. The van der Waals surface area contributed by atoms with Crippen molar-refractivity contribution in [2.24, 2.45) is 5.18 Å². The Labute approximate surface area is 80.3 Å². The molecule has 0 unspecified atom stereocenters. The Balaban J connectivity index is 4.17. The molecule has 0 aliphatic carbocycles. The van der Waals surface area contributed by atoms with Crippen molar-refractivity contribution in [3.8, 4) is 0 Å². The van der Waals surface area contributed by atoms with Crippen molar-refractivity contribution in [1.29, 1.82) is 0 Å². The summed E-state index contributed by atoms with van der Waals surface area (Å²) in [6, 6.07) is 0. The van der Waals surface area contributed by atoms with Gasteiger partial charge in [-0.3, -0.25) is 4.57 Å². The average Bonchev–Trinajstić information content (AvgIpc) is 2.01. The lowest BCUT2D eigenvalue weighted by Gasteiger charge is -2.15. The van der Waals surface area contributed by atoms with Crippen LogP contribution in [-0.4, -0.2) is 32.6 Å². The fourth-order valence-corrected chi connectivity index (χ4v) is 1.39. The van der Waals surface area contributed by atoms with Crippen LogP contribution < -0.4 is 0 Å². The van der Waals surface area contributed by atoms with E-state index < -0.39 is 25.3 Å². The van der Waals surface area contributed by atoms with E-state index in [0.29, 0.717) is 0 Å². The Kier molecular flexibility index (Phi) is 4.38. The van der Waals surface area contributed by atoms with Crippen LogP contribution in [0.15, 0.2) is 5.18 Å². The predicted octanol–water partition coefficient (Wildman–Crippen LogP) is 0.554. The highest BCUT2D eigenvalue weighted by molar-refractivity contribution is 7.51. The third-order valence-electron chi connectivity index (χ3n) is 1.78. The number of hydrogen-bond acceptors (Lipinski definition) is 4. The minimum atomic E-state index is -4.13. The summed E-state index contributed by atoms with van der Waals surface area (Å²) < 4.78 is 10.4. The number of nitrogens with zero attached hydrogens (tertiary/aromatic N) is 1. The summed E-state index contributed by atoms with van der Waals surface area (Å²) in [6.45, 7) is 1.11. The molecule has 0 amide bonds. The first-order valence-corrected chi connectivity index (χ1v) is 5.63. The first kappa shape index (κ1) is 13.2. The Morgan fingerprint density at radius 2 is 2.00 bits per heavy atom. The van der Waals surface area contributed by atoms with Gasteiger partial charge in [-0.25, -0.2) is 4.79 Å². The molecule has 0 aromatic rings. The Hall–Kier alpha value is -0.780. The Morgan fingerprint density at radius 1 is 1.50 bits per heavy atom. The summed E-state index contributed by atoms with van der Waals surface area (Å²) in [5.74, 6) is -1.39. The van der Waals surface area contributed by atoms with E-state index in [1.54, 1.807) is 0 Å². The molecule has 0 rings (SSSR count). The number of carbonyl (C=O) groups is 1. The molecule has 0 saturated carbocycles. The minimum Gasteiger partial charge on any atom is -0.479 e.